The summed E-state index contributed by atoms with van der Waals surface area (Å²) in [6, 6.07) is 7.02. The summed E-state index contributed by atoms with van der Waals surface area (Å²) in [5.41, 5.74) is 1.94. The molecule has 6 heterocycles. The van der Waals surface area contributed by atoms with Crippen molar-refractivity contribution in [3.8, 4) is 5.82 Å². The van der Waals surface area contributed by atoms with Crippen molar-refractivity contribution in [3.63, 3.8) is 0 Å². The van der Waals surface area contributed by atoms with Crippen LogP contribution in [0.15, 0.2) is 30.6 Å². The number of rotatable bonds is 7. The monoisotopic (exact) mass is 587 g/mol. The first-order valence-electron chi connectivity index (χ1n) is 13.8. The number of hydrogen-bond acceptors (Lipinski definition) is 9. The van der Waals surface area contributed by atoms with Crippen LogP contribution in [-0.2, 0) is 21.3 Å². The summed E-state index contributed by atoms with van der Waals surface area (Å²) in [7, 11) is -3.21. The smallest absolute Gasteiger partial charge is 0.296 e. The minimum absolute atomic E-state index is 0.0951. The molecule has 0 spiro atoms. The highest BCUT2D eigenvalue weighted by Gasteiger charge is 2.36. The number of sulfonamides is 1. The van der Waals surface area contributed by atoms with Crippen LogP contribution in [0.5, 0.6) is 0 Å². The van der Waals surface area contributed by atoms with Gasteiger partial charge in [0.05, 0.1) is 35.8 Å². The van der Waals surface area contributed by atoms with E-state index in [1.54, 1.807) is 30.6 Å². The number of nitrogens with zero attached hydrogens (tertiary/aromatic N) is 9. The third-order valence-electron chi connectivity index (χ3n) is 8.21. The van der Waals surface area contributed by atoms with Gasteiger partial charge in [-0.05, 0) is 25.0 Å². The van der Waals surface area contributed by atoms with Crippen LogP contribution in [0.25, 0.3) is 28.0 Å². The molecule has 2 atom stereocenters. The summed E-state index contributed by atoms with van der Waals surface area (Å²) in [4.78, 5) is 22.9. The van der Waals surface area contributed by atoms with Crippen LogP contribution in [0.2, 0.25) is 0 Å². The Hall–Kier alpha value is -3.27. The summed E-state index contributed by atoms with van der Waals surface area (Å²) < 4.78 is 63.3. The Balaban J connectivity index is 1.28. The van der Waals surface area contributed by atoms with E-state index in [0.717, 1.165) is 12.8 Å². The van der Waals surface area contributed by atoms with Gasteiger partial charge in [0.1, 0.15) is 0 Å². The molecule has 0 saturated carbocycles. The highest BCUT2D eigenvalue weighted by Crippen LogP contribution is 2.33. The van der Waals surface area contributed by atoms with Crippen molar-refractivity contribution < 1.29 is 21.9 Å². The lowest BCUT2D eigenvalue weighted by molar-refractivity contribution is 0.0299. The van der Waals surface area contributed by atoms with Crippen LogP contribution < -0.4 is 4.90 Å². The minimum Gasteiger partial charge on any atom is -0.371 e. The number of halogens is 2. The SMILES string of the molecule is CS(=O)(=O)N1CCN(CCn2cnc3c(-n4c(C(F)F)nc5ccccc54)nc(N4CC5CCC(C4)O5)nc32)CC1. The molecule has 3 aliphatic heterocycles. The zero-order valence-electron chi connectivity index (χ0n) is 22.6. The number of hydrogen-bond donors (Lipinski definition) is 0. The van der Waals surface area contributed by atoms with Gasteiger partial charge in [-0.15, -0.1) is 0 Å². The maximum atomic E-state index is 14.3. The molecule has 2 bridgehead atoms. The van der Waals surface area contributed by atoms with Gasteiger partial charge in [0, 0.05) is 52.4 Å². The van der Waals surface area contributed by atoms with Gasteiger partial charge in [-0.3, -0.25) is 9.47 Å². The Labute approximate surface area is 235 Å². The van der Waals surface area contributed by atoms with Gasteiger partial charge in [-0.25, -0.2) is 27.2 Å². The first kappa shape index (κ1) is 26.6. The van der Waals surface area contributed by atoms with Gasteiger partial charge in [0.2, 0.25) is 16.0 Å². The first-order valence-corrected chi connectivity index (χ1v) is 15.7. The van der Waals surface area contributed by atoms with E-state index in [-0.39, 0.29) is 18.0 Å². The normalized spacial score (nSPS) is 22.5. The number of aromatic nitrogens is 6. The Morgan fingerprint density at radius 3 is 2.44 bits per heavy atom. The maximum Gasteiger partial charge on any atom is 0.296 e. The standard InChI is InChI=1S/C26H31F2N9O3S/c1-41(38,39)36-12-9-33(10-13-36)8-11-34-16-29-21-23(34)31-26(35-14-17-6-7-18(15-35)40-17)32-24(21)37-20-5-3-2-4-19(20)30-25(37)22(27)28/h2-5,16-18,22H,6-15H2,1H3. The molecule has 41 heavy (non-hydrogen) atoms. The van der Waals surface area contributed by atoms with Crippen molar-refractivity contribution >= 4 is 38.2 Å². The fourth-order valence-corrected chi connectivity index (χ4v) is 6.93. The average Bonchev–Trinajstić information content (AvgIpc) is 3.65. The predicted octanol–water partition coefficient (Wildman–Crippen LogP) is 2.05. The molecular formula is C26H31F2N9O3S. The molecule has 0 radical (unpaired) electrons. The van der Waals surface area contributed by atoms with Gasteiger partial charge >= 0.3 is 0 Å². The fourth-order valence-electron chi connectivity index (χ4n) is 6.10. The number of alkyl halides is 2. The third-order valence-corrected chi connectivity index (χ3v) is 9.51. The second-order valence-electron chi connectivity index (χ2n) is 10.9. The van der Waals surface area contributed by atoms with Crippen molar-refractivity contribution in [1.82, 2.24) is 38.3 Å². The topological polar surface area (TPSA) is 115 Å². The van der Waals surface area contributed by atoms with Gasteiger partial charge in [0.25, 0.3) is 6.43 Å². The summed E-state index contributed by atoms with van der Waals surface area (Å²) in [6.07, 6.45) is 2.23. The van der Waals surface area contributed by atoms with Crippen LogP contribution in [0.1, 0.15) is 25.1 Å². The lowest BCUT2D eigenvalue weighted by atomic mass is 10.2. The van der Waals surface area contributed by atoms with E-state index in [9.17, 15) is 17.2 Å². The molecule has 3 aliphatic rings. The van der Waals surface area contributed by atoms with E-state index in [2.05, 4.69) is 19.8 Å². The third kappa shape index (κ3) is 4.94. The largest absolute Gasteiger partial charge is 0.371 e. The van der Waals surface area contributed by atoms with Crippen molar-refractivity contribution in [2.75, 3.05) is 57.0 Å². The number of fused-ring (bicyclic) bond motifs is 4. The molecule has 3 fully saturated rings. The molecule has 2 unspecified atom stereocenters. The Morgan fingerprint density at radius 1 is 1.00 bits per heavy atom. The fraction of sp³-hybridized carbons (Fsp3) is 0.538. The number of anilines is 1. The first-order chi connectivity index (χ1) is 19.7. The van der Waals surface area contributed by atoms with E-state index < -0.39 is 22.3 Å². The molecule has 0 amide bonds. The van der Waals surface area contributed by atoms with Gasteiger partial charge < -0.3 is 14.2 Å². The van der Waals surface area contributed by atoms with Gasteiger partial charge in [-0.1, -0.05) is 12.1 Å². The van der Waals surface area contributed by atoms with E-state index in [4.69, 9.17) is 14.7 Å². The average molecular weight is 588 g/mol. The van der Waals surface area contributed by atoms with Crippen molar-refractivity contribution in [1.29, 1.82) is 0 Å². The molecule has 7 rings (SSSR count). The quantitative estimate of drug-likeness (QED) is 0.321. The highest BCUT2D eigenvalue weighted by molar-refractivity contribution is 7.88. The van der Waals surface area contributed by atoms with Crippen LogP contribution >= 0.6 is 0 Å². The van der Waals surface area contributed by atoms with Crippen LogP contribution in [0.3, 0.4) is 0 Å². The van der Waals surface area contributed by atoms with Crippen molar-refractivity contribution in [2.45, 2.75) is 38.0 Å². The number of ether oxygens (including phenoxy) is 1. The Bertz CT molecular complexity index is 1690. The van der Waals surface area contributed by atoms with Gasteiger partial charge in [-0.2, -0.15) is 14.3 Å². The Kier molecular flexibility index (Phi) is 6.64. The molecule has 3 saturated heterocycles. The zero-order valence-corrected chi connectivity index (χ0v) is 23.4. The molecule has 0 N–H and O–H groups in total. The van der Waals surface area contributed by atoms with Crippen LogP contribution in [0.4, 0.5) is 14.7 Å². The molecular weight excluding hydrogens is 556 g/mol. The predicted molar refractivity (Wildman–Crippen MR) is 148 cm³/mol. The second kappa shape index (κ2) is 10.2. The molecule has 218 valence electrons. The maximum absolute atomic E-state index is 14.3. The van der Waals surface area contributed by atoms with Gasteiger partial charge in [0.15, 0.2) is 22.8 Å². The molecule has 1 aromatic carbocycles. The number of piperazine rings is 1. The second-order valence-corrected chi connectivity index (χ2v) is 12.9. The number of para-hydroxylation sites is 2. The van der Waals surface area contributed by atoms with E-state index in [1.165, 1.54) is 15.1 Å². The summed E-state index contributed by atoms with van der Waals surface area (Å²) in [5.74, 6) is 0.333. The van der Waals surface area contributed by atoms with Crippen molar-refractivity contribution in [2.24, 2.45) is 0 Å². The van der Waals surface area contributed by atoms with E-state index >= 15 is 0 Å². The summed E-state index contributed by atoms with van der Waals surface area (Å²) in [5, 5.41) is 0. The molecule has 12 nitrogen and oxygen atoms in total. The van der Waals surface area contributed by atoms with Crippen LogP contribution in [-0.4, -0.2) is 111 Å². The molecule has 15 heteroatoms. The number of morpholine rings is 1. The molecule has 0 aliphatic carbocycles. The number of benzene rings is 1. The molecule has 4 aromatic rings. The van der Waals surface area contributed by atoms with E-state index in [1.807, 2.05) is 4.57 Å². The van der Waals surface area contributed by atoms with Crippen LogP contribution in [0, 0.1) is 0 Å². The van der Waals surface area contributed by atoms with E-state index in [0.29, 0.717) is 80.5 Å². The number of imidazole rings is 2. The minimum atomic E-state index is -3.21. The lowest BCUT2D eigenvalue weighted by Crippen LogP contribution is -2.48. The highest BCUT2D eigenvalue weighted by atomic mass is 32.2. The summed E-state index contributed by atoms with van der Waals surface area (Å²) >= 11 is 0. The Morgan fingerprint density at radius 2 is 1.73 bits per heavy atom. The summed E-state index contributed by atoms with van der Waals surface area (Å²) in [6.45, 7) is 4.62. The molecule has 3 aromatic heterocycles. The van der Waals surface area contributed by atoms with Crippen molar-refractivity contribution in [3.05, 3.63) is 36.4 Å². The lowest BCUT2D eigenvalue weighted by Gasteiger charge is -2.33. The zero-order chi connectivity index (χ0) is 28.3.